The summed E-state index contributed by atoms with van der Waals surface area (Å²) in [5.41, 5.74) is 11.2. The third-order valence-corrected chi connectivity index (χ3v) is 6.02. The summed E-state index contributed by atoms with van der Waals surface area (Å²) in [7, 11) is 1.93. The van der Waals surface area contributed by atoms with Gasteiger partial charge < -0.3 is 20.1 Å². The number of aromatic nitrogens is 2. The topological polar surface area (TPSA) is 73.5 Å². The van der Waals surface area contributed by atoms with Gasteiger partial charge in [-0.15, -0.1) is 0 Å². The van der Waals surface area contributed by atoms with Gasteiger partial charge in [0.05, 0.1) is 24.2 Å². The number of rotatable bonds is 4. The van der Waals surface area contributed by atoms with Crippen molar-refractivity contribution in [1.82, 2.24) is 9.97 Å². The summed E-state index contributed by atoms with van der Waals surface area (Å²) in [5.74, 6) is 3.10. The van der Waals surface area contributed by atoms with E-state index in [0.29, 0.717) is 17.4 Å². The summed E-state index contributed by atoms with van der Waals surface area (Å²) in [4.78, 5) is 10.8. The minimum Gasteiger partial charge on any atom is -0.492 e. The first-order chi connectivity index (χ1) is 14.0. The van der Waals surface area contributed by atoms with Crippen LogP contribution in [0.5, 0.6) is 17.4 Å². The predicted molar refractivity (Wildman–Crippen MR) is 113 cm³/mol. The Morgan fingerprint density at radius 3 is 2.62 bits per heavy atom. The van der Waals surface area contributed by atoms with E-state index in [4.69, 9.17) is 15.2 Å². The number of aryl methyl sites for hydroxylation is 2. The number of nitrogens with two attached hydrogens (primary N) is 1. The van der Waals surface area contributed by atoms with Crippen LogP contribution in [0.25, 0.3) is 0 Å². The third kappa shape index (κ3) is 2.87. The number of nitrogens with zero attached hydrogens (tertiary/aromatic N) is 3. The lowest BCUT2D eigenvalue weighted by Crippen LogP contribution is -2.14. The third-order valence-electron chi connectivity index (χ3n) is 6.02. The van der Waals surface area contributed by atoms with E-state index in [9.17, 15) is 0 Å². The van der Waals surface area contributed by atoms with Gasteiger partial charge >= 0.3 is 0 Å². The fraction of sp³-hybridized carbons (Fsp3) is 0.304. The molecule has 1 aromatic carbocycles. The lowest BCUT2D eigenvalue weighted by molar-refractivity contribution is 0.322. The highest BCUT2D eigenvalue weighted by atomic mass is 16.5. The van der Waals surface area contributed by atoms with Crippen molar-refractivity contribution in [3.63, 3.8) is 0 Å². The predicted octanol–water partition coefficient (Wildman–Crippen LogP) is 4.66. The summed E-state index contributed by atoms with van der Waals surface area (Å²) < 4.78 is 12.2. The molecule has 2 N–H and O–H groups in total. The summed E-state index contributed by atoms with van der Waals surface area (Å²) >= 11 is 0. The van der Waals surface area contributed by atoms with Gasteiger partial charge in [-0.1, -0.05) is 6.07 Å². The van der Waals surface area contributed by atoms with Crippen LogP contribution in [0.1, 0.15) is 29.5 Å². The lowest BCUT2D eigenvalue weighted by atomic mass is 9.95. The number of hydrogen-bond acceptors (Lipinski definition) is 6. The SMILES string of the molecule is Cc1ccnc(N(C)c2ccc(Oc3ccc(C)c4c3C3(CC3)CO4)nc2)c1N. The van der Waals surface area contributed by atoms with Gasteiger partial charge in [0.1, 0.15) is 11.5 Å². The maximum absolute atomic E-state index is 6.19. The van der Waals surface area contributed by atoms with Gasteiger partial charge in [0.25, 0.3) is 0 Å². The molecule has 0 atom stereocenters. The van der Waals surface area contributed by atoms with Crippen molar-refractivity contribution in [2.45, 2.75) is 32.1 Å². The van der Waals surface area contributed by atoms with Crippen LogP contribution in [0.4, 0.5) is 17.2 Å². The summed E-state index contributed by atoms with van der Waals surface area (Å²) in [6, 6.07) is 9.81. The lowest BCUT2D eigenvalue weighted by Gasteiger charge is -2.20. The number of hydrogen-bond donors (Lipinski definition) is 1. The Kier molecular flexibility index (Phi) is 3.91. The summed E-state index contributed by atoms with van der Waals surface area (Å²) in [6.45, 7) is 4.81. The van der Waals surface area contributed by atoms with Gasteiger partial charge in [0.15, 0.2) is 5.82 Å². The number of benzene rings is 1. The Morgan fingerprint density at radius 1 is 1.07 bits per heavy atom. The maximum atomic E-state index is 6.19. The molecule has 1 spiro atoms. The molecule has 0 unspecified atom stereocenters. The van der Waals surface area contributed by atoms with E-state index in [1.165, 1.54) is 5.56 Å². The van der Waals surface area contributed by atoms with Gasteiger partial charge in [-0.3, -0.25) is 0 Å². The largest absolute Gasteiger partial charge is 0.492 e. The highest BCUT2D eigenvalue weighted by Gasteiger charge is 2.53. The highest BCUT2D eigenvalue weighted by Crippen LogP contribution is 2.59. The molecule has 3 aromatic rings. The van der Waals surface area contributed by atoms with Crippen LogP contribution in [0, 0.1) is 13.8 Å². The van der Waals surface area contributed by atoms with Crippen molar-refractivity contribution in [3.05, 3.63) is 59.4 Å². The van der Waals surface area contributed by atoms with Crippen molar-refractivity contribution in [1.29, 1.82) is 0 Å². The zero-order valence-electron chi connectivity index (χ0n) is 16.9. The van der Waals surface area contributed by atoms with E-state index in [0.717, 1.165) is 47.8 Å². The van der Waals surface area contributed by atoms with Crippen molar-refractivity contribution in [2.75, 3.05) is 24.3 Å². The molecule has 2 aliphatic rings. The van der Waals surface area contributed by atoms with Crippen LogP contribution in [-0.2, 0) is 5.41 Å². The number of fused-ring (bicyclic) bond motifs is 2. The monoisotopic (exact) mass is 388 g/mol. The van der Waals surface area contributed by atoms with Crippen LogP contribution in [0.2, 0.25) is 0 Å². The molecule has 148 valence electrons. The molecule has 0 saturated heterocycles. The van der Waals surface area contributed by atoms with E-state index in [2.05, 4.69) is 16.9 Å². The second-order valence-corrected chi connectivity index (χ2v) is 8.03. The average Bonchev–Trinajstić information content (AvgIpc) is 3.40. The molecule has 5 rings (SSSR count). The number of nitrogen functional groups attached to an aromatic ring is 1. The zero-order valence-corrected chi connectivity index (χ0v) is 16.9. The Labute approximate surface area is 170 Å². The Morgan fingerprint density at radius 2 is 1.90 bits per heavy atom. The molecule has 6 heteroatoms. The van der Waals surface area contributed by atoms with Crippen molar-refractivity contribution in [2.24, 2.45) is 0 Å². The van der Waals surface area contributed by atoms with Gasteiger partial charge in [0.2, 0.25) is 5.88 Å². The Balaban J connectivity index is 1.41. The molecule has 6 nitrogen and oxygen atoms in total. The molecule has 2 aromatic heterocycles. The quantitative estimate of drug-likeness (QED) is 0.701. The van der Waals surface area contributed by atoms with Crippen molar-refractivity contribution in [3.8, 4) is 17.4 Å². The van der Waals surface area contributed by atoms with Gasteiger partial charge in [0, 0.05) is 30.3 Å². The first kappa shape index (κ1) is 17.8. The van der Waals surface area contributed by atoms with E-state index in [1.807, 2.05) is 49.2 Å². The Hall–Kier alpha value is -3.28. The smallest absolute Gasteiger partial charge is 0.219 e. The maximum Gasteiger partial charge on any atom is 0.219 e. The second-order valence-electron chi connectivity index (χ2n) is 8.03. The number of ether oxygens (including phenoxy) is 2. The number of anilines is 3. The van der Waals surface area contributed by atoms with Crippen LogP contribution in [0.3, 0.4) is 0 Å². The van der Waals surface area contributed by atoms with Crippen LogP contribution in [0.15, 0.2) is 42.7 Å². The zero-order chi connectivity index (χ0) is 20.2. The van der Waals surface area contributed by atoms with E-state index in [-0.39, 0.29) is 5.41 Å². The number of pyridine rings is 2. The fourth-order valence-electron chi connectivity index (χ4n) is 3.96. The van der Waals surface area contributed by atoms with Gasteiger partial charge in [-0.25, -0.2) is 9.97 Å². The molecule has 3 heterocycles. The second kappa shape index (κ2) is 6.37. The van der Waals surface area contributed by atoms with Crippen LogP contribution >= 0.6 is 0 Å². The molecule has 1 aliphatic heterocycles. The summed E-state index contributed by atoms with van der Waals surface area (Å²) in [5, 5.41) is 0. The molecule has 0 radical (unpaired) electrons. The molecule has 1 aliphatic carbocycles. The van der Waals surface area contributed by atoms with E-state index in [1.54, 1.807) is 12.4 Å². The van der Waals surface area contributed by atoms with E-state index < -0.39 is 0 Å². The fourth-order valence-corrected chi connectivity index (χ4v) is 3.96. The van der Waals surface area contributed by atoms with Gasteiger partial charge in [-0.05, 0) is 56.0 Å². The Bertz CT molecular complexity index is 1090. The van der Waals surface area contributed by atoms with E-state index >= 15 is 0 Å². The molecule has 1 saturated carbocycles. The van der Waals surface area contributed by atoms with Crippen LogP contribution < -0.4 is 20.1 Å². The molecule has 29 heavy (non-hydrogen) atoms. The first-order valence-electron chi connectivity index (χ1n) is 9.84. The van der Waals surface area contributed by atoms with Crippen LogP contribution in [-0.4, -0.2) is 23.6 Å². The first-order valence-corrected chi connectivity index (χ1v) is 9.84. The summed E-state index contributed by atoms with van der Waals surface area (Å²) in [6.07, 6.45) is 5.84. The highest BCUT2D eigenvalue weighted by molar-refractivity contribution is 5.72. The molecule has 0 bridgehead atoms. The minimum absolute atomic E-state index is 0.144. The van der Waals surface area contributed by atoms with Crippen molar-refractivity contribution < 1.29 is 9.47 Å². The average molecular weight is 388 g/mol. The molecular weight excluding hydrogens is 364 g/mol. The normalized spacial score (nSPS) is 15.7. The minimum atomic E-state index is 0.144. The van der Waals surface area contributed by atoms with Crippen molar-refractivity contribution >= 4 is 17.2 Å². The molecule has 1 fully saturated rings. The standard InChI is InChI=1S/C23H24N4O2/c1-14-8-11-25-22(20(14)24)27(3)16-5-7-18(26-12-16)29-17-6-4-15(2)21-19(17)23(9-10-23)13-28-21/h4-8,11-12H,9-10,13,24H2,1-3H3. The molecule has 0 amide bonds. The molecular formula is C23H24N4O2. The van der Waals surface area contributed by atoms with Gasteiger partial charge in [-0.2, -0.15) is 0 Å².